The average Bonchev–Trinajstić information content (AvgIpc) is 2.72. The van der Waals surface area contributed by atoms with Crippen LogP contribution in [-0.2, 0) is 15.0 Å². The van der Waals surface area contributed by atoms with Crippen molar-refractivity contribution in [3.8, 4) is 11.8 Å². The predicted octanol–water partition coefficient (Wildman–Crippen LogP) is 1.77. The van der Waals surface area contributed by atoms with Gasteiger partial charge in [-0.1, -0.05) is 15.9 Å². The van der Waals surface area contributed by atoms with Crippen molar-refractivity contribution in [1.82, 2.24) is 5.32 Å². The molecule has 0 fully saturated rings. The number of benzene rings is 1. The molecule has 2 aliphatic rings. The Bertz CT molecular complexity index is 879. The lowest BCUT2D eigenvalue weighted by atomic mass is 9.67. The first-order chi connectivity index (χ1) is 10.8. The summed E-state index contributed by atoms with van der Waals surface area (Å²) >= 11 is 3.35. The summed E-state index contributed by atoms with van der Waals surface area (Å²) < 4.78 is 6.18. The second-order valence-corrected chi connectivity index (χ2v) is 6.27. The normalized spacial score (nSPS) is 22.6. The third-order valence-electron chi connectivity index (χ3n) is 4.04. The van der Waals surface area contributed by atoms with Gasteiger partial charge in [0.15, 0.2) is 5.78 Å². The minimum Gasteiger partial charge on any atom is -0.440 e. The van der Waals surface area contributed by atoms with Crippen molar-refractivity contribution < 1.29 is 14.3 Å². The van der Waals surface area contributed by atoms with Crippen LogP contribution in [0.5, 0.6) is 5.75 Å². The van der Waals surface area contributed by atoms with E-state index in [0.29, 0.717) is 21.5 Å². The summed E-state index contributed by atoms with van der Waals surface area (Å²) in [5.74, 6) is -0.629. The number of Topliss-reactive ketones (excluding diaryl/α,β-unsaturated/α-hetero) is 1. The number of carbonyl (C=O) groups is 2. The molecule has 1 unspecified atom stereocenters. The minimum absolute atomic E-state index is 0.0809. The molecule has 1 spiro atoms. The lowest BCUT2D eigenvalue weighted by Gasteiger charge is -2.34. The first kappa shape index (κ1) is 15.3. The van der Waals surface area contributed by atoms with Gasteiger partial charge in [0.05, 0.1) is 0 Å². The van der Waals surface area contributed by atoms with E-state index in [1.54, 1.807) is 25.1 Å². The summed E-state index contributed by atoms with van der Waals surface area (Å²) in [7, 11) is 0. The maximum absolute atomic E-state index is 12.8. The van der Waals surface area contributed by atoms with Crippen molar-refractivity contribution in [3.63, 3.8) is 0 Å². The van der Waals surface area contributed by atoms with Gasteiger partial charge in [-0.3, -0.25) is 9.59 Å². The quantitative estimate of drug-likeness (QED) is 0.780. The van der Waals surface area contributed by atoms with E-state index in [9.17, 15) is 14.9 Å². The number of carbonyl (C=O) groups excluding carboxylic acids is 2. The Morgan fingerprint density at radius 2 is 2.17 bits per heavy atom. The number of fused-ring (bicyclic) bond motifs is 2. The molecule has 3 rings (SSSR count). The van der Waals surface area contributed by atoms with Crippen LogP contribution in [0.4, 0.5) is 0 Å². The molecule has 0 aromatic heterocycles. The van der Waals surface area contributed by atoms with Crippen molar-refractivity contribution in [2.24, 2.45) is 5.73 Å². The Balaban J connectivity index is 2.49. The number of hydrogen-bond acceptors (Lipinski definition) is 5. The lowest BCUT2D eigenvalue weighted by Crippen LogP contribution is -2.45. The van der Waals surface area contributed by atoms with Crippen molar-refractivity contribution in [1.29, 1.82) is 5.26 Å². The molecule has 1 aromatic rings. The molecule has 6 nitrogen and oxygen atoms in total. The number of nitrogens with two attached hydrogens (primary N) is 1. The fraction of sp³-hybridized carbons (Fsp3) is 0.188. The predicted molar refractivity (Wildman–Crippen MR) is 84.8 cm³/mol. The SMILES string of the molecule is CC(=O)C1=C(C)NC(=O)C12C(C#N)=C(N)Oc1ccc(Br)cc12. The van der Waals surface area contributed by atoms with Crippen LogP contribution >= 0.6 is 15.9 Å². The maximum Gasteiger partial charge on any atom is 0.245 e. The second kappa shape index (κ2) is 4.96. The molecule has 0 saturated carbocycles. The summed E-state index contributed by atoms with van der Waals surface area (Å²) in [6.45, 7) is 2.99. The summed E-state index contributed by atoms with van der Waals surface area (Å²) in [6, 6.07) is 6.99. The fourth-order valence-corrected chi connectivity index (χ4v) is 3.62. The number of rotatable bonds is 1. The van der Waals surface area contributed by atoms with E-state index in [2.05, 4.69) is 21.2 Å². The highest BCUT2D eigenvalue weighted by molar-refractivity contribution is 9.10. The molecule has 0 saturated heterocycles. The molecule has 0 aliphatic carbocycles. The third-order valence-corrected chi connectivity index (χ3v) is 4.54. The Morgan fingerprint density at radius 3 is 2.78 bits per heavy atom. The van der Waals surface area contributed by atoms with Gasteiger partial charge in [0.1, 0.15) is 22.8 Å². The Morgan fingerprint density at radius 1 is 1.48 bits per heavy atom. The third kappa shape index (κ3) is 1.85. The molecule has 23 heavy (non-hydrogen) atoms. The van der Waals surface area contributed by atoms with Crippen LogP contribution < -0.4 is 15.8 Å². The first-order valence-corrected chi connectivity index (χ1v) is 7.55. The molecule has 1 aromatic carbocycles. The van der Waals surface area contributed by atoms with E-state index in [4.69, 9.17) is 10.5 Å². The molecule has 116 valence electrons. The lowest BCUT2D eigenvalue weighted by molar-refractivity contribution is -0.124. The monoisotopic (exact) mass is 373 g/mol. The Kier molecular flexibility index (Phi) is 3.30. The molecule has 2 heterocycles. The molecule has 1 atom stereocenters. The summed E-state index contributed by atoms with van der Waals surface area (Å²) in [6.07, 6.45) is 0. The summed E-state index contributed by atoms with van der Waals surface area (Å²) in [5.41, 5.74) is 5.26. The number of halogens is 1. The van der Waals surface area contributed by atoms with Crippen LogP contribution in [0, 0.1) is 11.3 Å². The zero-order chi connectivity index (χ0) is 16.9. The van der Waals surface area contributed by atoms with Gasteiger partial charge >= 0.3 is 0 Å². The molecular weight excluding hydrogens is 362 g/mol. The number of ether oxygens (including phenoxy) is 1. The van der Waals surface area contributed by atoms with Gasteiger partial charge < -0.3 is 15.8 Å². The van der Waals surface area contributed by atoms with Crippen LogP contribution in [0.3, 0.4) is 0 Å². The van der Waals surface area contributed by atoms with E-state index in [1.807, 2.05) is 6.07 Å². The van der Waals surface area contributed by atoms with Crippen molar-refractivity contribution in [2.45, 2.75) is 19.3 Å². The second-order valence-electron chi connectivity index (χ2n) is 5.35. The molecule has 2 aliphatic heterocycles. The van der Waals surface area contributed by atoms with E-state index >= 15 is 0 Å². The van der Waals surface area contributed by atoms with E-state index in [1.165, 1.54) is 6.92 Å². The number of amides is 1. The van der Waals surface area contributed by atoms with Crippen molar-refractivity contribution in [3.05, 3.63) is 51.0 Å². The van der Waals surface area contributed by atoms with Gasteiger partial charge in [0, 0.05) is 21.3 Å². The largest absolute Gasteiger partial charge is 0.440 e. The Hall–Kier alpha value is -2.59. The van der Waals surface area contributed by atoms with Crippen LogP contribution in [0.1, 0.15) is 19.4 Å². The molecule has 7 heteroatoms. The number of allylic oxidation sites excluding steroid dienone is 1. The average molecular weight is 374 g/mol. The highest BCUT2D eigenvalue weighted by atomic mass is 79.9. The maximum atomic E-state index is 12.8. The van der Waals surface area contributed by atoms with E-state index in [-0.39, 0.29) is 22.8 Å². The first-order valence-electron chi connectivity index (χ1n) is 6.76. The van der Waals surface area contributed by atoms with E-state index in [0.717, 1.165) is 0 Å². The summed E-state index contributed by atoms with van der Waals surface area (Å²) in [4.78, 5) is 25.1. The molecule has 0 bridgehead atoms. The van der Waals surface area contributed by atoms with Gasteiger partial charge in [-0.05, 0) is 32.0 Å². The molecule has 0 radical (unpaired) electrons. The van der Waals surface area contributed by atoms with Gasteiger partial charge in [-0.2, -0.15) is 5.26 Å². The summed E-state index contributed by atoms with van der Waals surface area (Å²) in [5, 5.41) is 12.3. The van der Waals surface area contributed by atoms with Crippen LogP contribution in [0.25, 0.3) is 0 Å². The topological polar surface area (TPSA) is 105 Å². The van der Waals surface area contributed by atoms with Gasteiger partial charge in [-0.15, -0.1) is 0 Å². The van der Waals surface area contributed by atoms with Gasteiger partial charge in [0.25, 0.3) is 0 Å². The van der Waals surface area contributed by atoms with Crippen LogP contribution in [0.2, 0.25) is 0 Å². The van der Waals surface area contributed by atoms with Gasteiger partial charge in [0.2, 0.25) is 11.8 Å². The van der Waals surface area contributed by atoms with Crippen LogP contribution in [-0.4, -0.2) is 11.7 Å². The van der Waals surface area contributed by atoms with Crippen LogP contribution in [0.15, 0.2) is 45.4 Å². The molecule has 1 amide bonds. The number of hydrogen-bond donors (Lipinski definition) is 2. The van der Waals surface area contributed by atoms with E-state index < -0.39 is 11.3 Å². The number of nitrogens with one attached hydrogen (secondary N) is 1. The minimum atomic E-state index is -1.58. The zero-order valence-corrected chi connectivity index (χ0v) is 13.9. The molecule has 3 N–H and O–H groups in total. The highest BCUT2D eigenvalue weighted by Crippen LogP contribution is 2.51. The molecular formula is C16H12BrN3O3. The zero-order valence-electron chi connectivity index (χ0n) is 12.4. The number of nitrogens with zero attached hydrogens (tertiary/aromatic N) is 1. The van der Waals surface area contributed by atoms with Crippen molar-refractivity contribution in [2.75, 3.05) is 0 Å². The number of nitriles is 1. The highest BCUT2D eigenvalue weighted by Gasteiger charge is 2.58. The number of ketones is 1. The van der Waals surface area contributed by atoms with Gasteiger partial charge in [-0.25, -0.2) is 0 Å². The fourth-order valence-electron chi connectivity index (χ4n) is 3.26. The van der Waals surface area contributed by atoms with Crippen molar-refractivity contribution >= 4 is 27.6 Å². The smallest absolute Gasteiger partial charge is 0.245 e. The standard InChI is InChI=1S/C16H12BrN3O3/c1-7-13(8(2)21)16(15(22)20-7)10-5-9(17)3-4-12(10)23-14(19)11(16)6-18/h3-5H,19H2,1-2H3,(H,20,22). The Labute approximate surface area is 140 Å².